The van der Waals surface area contributed by atoms with Crippen LogP contribution in [0.2, 0.25) is 5.02 Å². The van der Waals surface area contributed by atoms with E-state index in [0.717, 1.165) is 6.07 Å². The molecule has 122 valence electrons. The molecule has 2 aromatic rings. The first-order chi connectivity index (χ1) is 11.5. The average molecular weight is 346 g/mol. The molecule has 0 atom stereocenters. The topological polar surface area (TPSA) is 73.1 Å². The lowest BCUT2D eigenvalue weighted by atomic mass is 10.1. The highest BCUT2D eigenvalue weighted by Crippen LogP contribution is 2.25. The lowest BCUT2D eigenvalue weighted by Crippen LogP contribution is -2.60. The maximum atomic E-state index is 13.1. The van der Waals surface area contributed by atoms with Crippen molar-refractivity contribution in [1.82, 2.24) is 14.9 Å². The van der Waals surface area contributed by atoms with Crippen molar-refractivity contribution in [3.8, 4) is 6.07 Å². The van der Waals surface area contributed by atoms with Crippen molar-refractivity contribution in [2.45, 2.75) is 6.04 Å². The van der Waals surface area contributed by atoms with Gasteiger partial charge in [-0.3, -0.25) is 4.79 Å². The molecule has 3 rings (SSSR count). The van der Waals surface area contributed by atoms with Crippen molar-refractivity contribution < 1.29 is 9.18 Å². The number of nitrogens with zero attached hydrogens (tertiary/aromatic N) is 5. The van der Waals surface area contributed by atoms with Crippen molar-refractivity contribution in [1.29, 1.82) is 5.26 Å². The minimum absolute atomic E-state index is 0.0489. The second kappa shape index (κ2) is 6.42. The van der Waals surface area contributed by atoms with Crippen LogP contribution in [0.1, 0.15) is 16.1 Å². The molecule has 6 nitrogen and oxygen atoms in total. The molecule has 0 bridgehead atoms. The predicted octanol–water partition coefficient (Wildman–Crippen LogP) is 2.10. The third kappa shape index (κ3) is 2.88. The number of carbonyl (C=O) groups is 1. The number of aromatic nitrogens is 2. The molecule has 0 unspecified atom stereocenters. The van der Waals surface area contributed by atoms with Gasteiger partial charge in [0.25, 0.3) is 5.91 Å². The molecule has 0 radical (unpaired) electrons. The van der Waals surface area contributed by atoms with Crippen LogP contribution >= 0.6 is 11.6 Å². The van der Waals surface area contributed by atoms with Gasteiger partial charge in [0.15, 0.2) is 11.5 Å². The fourth-order valence-electron chi connectivity index (χ4n) is 2.53. The summed E-state index contributed by atoms with van der Waals surface area (Å²) in [5, 5.41) is 9.15. The van der Waals surface area contributed by atoms with E-state index in [9.17, 15) is 9.18 Å². The van der Waals surface area contributed by atoms with E-state index in [1.165, 1.54) is 24.5 Å². The number of likely N-dealkylation sites (N-methyl/N-ethyl adjacent to an activating group) is 1. The predicted molar refractivity (Wildman–Crippen MR) is 86.3 cm³/mol. The van der Waals surface area contributed by atoms with Gasteiger partial charge in [0.1, 0.15) is 11.9 Å². The molecule has 24 heavy (non-hydrogen) atoms. The first kappa shape index (κ1) is 16.1. The van der Waals surface area contributed by atoms with E-state index in [1.54, 1.807) is 11.9 Å². The molecule has 1 aliphatic rings. The molecule has 0 spiro atoms. The van der Waals surface area contributed by atoms with Crippen LogP contribution in [0.5, 0.6) is 0 Å². The SMILES string of the molecule is CN(C(=O)c1ccc(F)cc1Cl)C1CN(c2nccnc2C#N)C1. The van der Waals surface area contributed by atoms with Gasteiger partial charge in [-0.05, 0) is 18.2 Å². The monoisotopic (exact) mass is 345 g/mol. The Hall–Kier alpha value is -2.72. The molecule has 1 aromatic heterocycles. The second-order valence-corrected chi connectivity index (χ2v) is 5.85. The van der Waals surface area contributed by atoms with Gasteiger partial charge >= 0.3 is 0 Å². The molecule has 1 fully saturated rings. The number of hydrogen-bond donors (Lipinski definition) is 0. The summed E-state index contributed by atoms with van der Waals surface area (Å²) in [5.74, 6) is -0.248. The molecule has 0 saturated carbocycles. The zero-order valence-electron chi connectivity index (χ0n) is 12.8. The molecule has 1 aromatic carbocycles. The van der Waals surface area contributed by atoms with E-state index < -0.39 is 5.82 Å². The molecular formula is C16H13ClFN5O. The number of benzene rings is 1. The highest BCUT2D eigenvalue weighted by Gasteiger charge is 2.35. The Balaban J connectivity index is 1.69. The summed E-state index contributed by atoms with van der Waals surface area (Å²) in [7, 11) is 1.67. The van der Waals surface area contributed by atoms with E-state index in [4.69, 9.17) is 16.9 Å². The zero-order valence-corrected chi connectivity index (χ0v) is 13.5. The standard InChI is InChI=1S/C16H13ClFN5O/c1-22(16(24)12-3-2-10(18)6-13(12)17)11-8-23(9-11)15-14(7-19)20-4-5-21-15/h2-6,11H,8-9H2,1H3. The fourth-order valence-corrected chi connectivity index (χ4v) is 2.78. The zero-order chi connectivity index (χ0) is 17.3. The van der Waals surface area contributed by atoms with Crippen LogP contribution in [-0.4, -0.2) is 47.0 Å². The van der Waals surface area contributed by atoms with Crippen molar-refractivity contribution in [2.24, 2.45) is 0 Å². The average Bonchev–Trinajstić information content (AvgIpc) is 2.53. The minimum atomic E-state index is -0.485. The number of nitriles is 1. The minimum Gasteiger partial charge on any atom is -0.350 e. The van der Waals surface area contributed by atoms with Gasteiger partial charge in [0.2, 0.25) is 0 Å². The van der Waals surface area contributed by atoms with Gasteiger partial charge in [-0.1, -0.05) is 11.6 Å². The summed E-state index contributed by atoms with van der Waals surface area (Å²) in [4.78, 5) is 24.1. The molecule has 0 aliphatic carbocycles. The highest BCUT2D eigenvalue weighted by molar-refractivity contribution is 6.33. The van der Waals surface area contributed by atoms with E-state index in [-0.39, 0.29) is 28.2 Å². The number of carbonyl (C=O) groups excluding carboxylic acids is 1. The Bertz CT molecular complexity index is 831. The normalized spacial score (nSPS) is 14.0. The fraction of sp³-hybridized carbons (Fsp3) is 0.250. The van der Waals surface area contributed by atoms with Crippen LogP contribution in [0.15, 0.2) is 30.6 Å². The van der Waals surface area contributed by atoms with E-state index in [0.29, 0.717) is 18.9 Å². The molecule has 8 heteroatoms. The van der Waals surface area contributed by atoms with E-state index in [2.05, 4.69) is 9.97 Å². The van der Waals surface area contributed by atoms with Crippen molar-refractivity contribution >= 4 is 23.3 Å². The number of amides is 1. The largest absolute Gasteiger partial charge is 0.350 e. The number of halogens is 2. The summed E-state index contributed by atoms with van der Waals surface area (Å²) in [5.41, 5.74) is 0.516. The van der Waals surface area contributed by atoms with E-state index in [1.807, 2.05) is 11.0 Å². The molecule has 1 amide bonds. The molecule has 1 aliphatic heterocycles. The number of anilines is 1. The van der Waals surface area contributed by atoms with Crippen LogP contribution in [0, 0.1) is 17.1 Å². The van der Waals surface area contributed by atoms with Crippen molar-refractivity contribution in [3.05, 3.63) is 52.7 Å². The van der Waals surface area contributed by atoms with Crippen LogP contribution in [-0.2, 0) is 0 Å². The van der Waals surface area contributed by atoms with Crippen LogP contribution in [0.25, 0.3) is 0 Å². The summed E-state index contributed by atoms with van der Waals surface area (Å²) >= 11 is 5.95. The van der Waals surface area contributed by atoms with Crippen molar-refractivity contribution in [2.75, 3.05) is 25.0 Å². The molecule has 1 saturated heterocycles. The first-order valence-electron chi connectivity index (χ1n) is 7.19. The van der Waals surface area contributed by atoms with Crippen molar-refractivity contribution in [3.63, 3.8) is 0 Å². The Kier molecular flexibility index (Phi) is 4.32. The summed E-state index contributed by atoms with van der Waals surface area (Å²) < 4.78 is 13.1. The van der Waals surface area contributed by atoms with Gasteiger partial charge in [0.05, 0.1) is 16.6 Å². The smallest absolute Gasteiger partial charge is 0.255 e. The Labute approximate surface area is 143 Å². The highest BCUT2D eigenvalue weighted by atomic mass is 35.5. The van der Waals surface area contributed by atoms with Gasteiger partial charge < -0.3 is 9.80 Å². The number of rotatable bonds is 3. The van der Waals surface area contributed by atoms with Crippen LogP contribution < -0.4 is 4.90 Å². The lowest BCUT2D eigenvalue weighted by molar-refractivity contribution is 0.0705. The molecular weight excluding hydrogens is 333 g/mol. The van der Waals surface area contributed by atoms with Gasteiger partial charge in [0, 0.05) is 32.5 Å². The van der Waals surface area contributed by atoms with E-state index >= 15 is 0 Å². The summed E-state index contributed by atoms with van der Waals surface area (Å²) in [6, 6.07) is 5.66. The quantitative estimate of drug-likeness (QED) is 0.851. The maximum absolute atomic E-state index is 13.1. The molecule has 0 N–H and O–H groups in total. The van der Waals surface area contributed by atoms with Crippen LogP contribution in [0.4, 0.5) is 10.2 Å². The third-order valence-corrected chi connectivity index (χ3v) is 4.29. The van der Waals surface area contributed by atoms with Gasteiger partial charge in [-0.15, -0.1) is 0 Å². The Morgan fingerprint density at radius 2 is 2.12 bits per heavy atom. The third-order valence-electron chi connectivity index (χ3n) is 3.98. The summed E-state index contributed by atoms with van der Waals surface area (Å²) in [6.45, 7) is 1.07. The Morgan fingerprint density at radius 3 is 2.79 bits per heavy atom. The summed E-state index contributed by atoms with van der Waals surface area (Å²) in [6.07, 6.45) is 2.99. The molecule has 2 heterocycles. The van der Waals surface area contributed by atoms with Gasteiger partial charge in [-0.2, -0.15) is 5.26 Å². The van der Waals surface area contributed by atoms with Crippen LogP contribution in [0.3, 0.4) is 0 Å². The first-order valence-corrected chi connectivity index (χ1v) is 7.57. The Morgan fingerprint density at radius 1 is 1.42 bits per heavy atom. The lowest BCUT2D eigenvalue weighted by Gasteiger charge is -2.44. The second-order valence-electron chi connectivity index (χ2n) is 5.44. The number of hydrogen-bond acceptors (Lipinski definition) is 5. The maximum Gasteiger partial charge on any atom is 0.255 e. The van der Waals surface area contributed by atoms with Gasteiger partial charge in [-0.25, -0.2) is 14.4 Å².